The zero-order valence-corrected chi connectivity index (χ0v) is 11.9. The first-order valence-electron chi connectivity index (χ1n) is 6.97. The van der Waals surface area contributed by atoms with Crippen LogP contribution in [-0.2, 0) is 4.79 Å². The Morgan fingerprint density at radius 1 is 1.14 bits per heavy atom. The predicted molar refractivity (Wildman–Crippen MR) is 82.8 cm³/mol. The molecule has 1 aliphatic rings. The third-order valence-corrected chi connectivity index (χ3v) is 3.78. The molecule has 21 heavy (non-hydrogen) atoms. The summed E-state index contributed by atoms with van der Waals surface area (Å²) in [5.41, 5.74) is 9.22. The molecule has 1 atom stereocenters. The van der Waals surface area contributed by atoms with Gasteiger partial charge in [0.1, 0.15) is 11.9 Å². The third-order valence-electron chi connectivity index (χ3n) is 3.78. The van der Waals surface area contributed by atoms with Crippen molar-refractivity contribution in [2.45, 2.75) is 19.4 Å². The molecule has 3 rings (SSSR count). The first-order chi connectivity index (χ1) is 10.1. The zero-order valence-electron chi connectivity index (χ0n) is 11.9. The molecule has 1 amide bonds. The van der Waals surface area contributed by atoms with Gasteiger partial charge in [0.05, 0.1) is 0 Å². The van der Waals surface area contributed by atoms with Gasteiger partial charge in [-0.2, -0.15) is 0 Å². The Kier molecular flexibility index (Phi) is 3.48. The van der Waals surface area contributed by atoms with Crippen LogP contribution in [0.5, 0.6) is 5.75 Å². The van der Waals surface area contributed by atoms with Crippen LogP contribution in [0.4, 0.5) is 0 Å². The quantitative estimate of drug-likeness (QED) is 0.916. The van der Waals surface area contributed by atoms with Crippen LogP contribution < -0.4 is 10.5 Å². The normalized spacial score (nSPS) is 17.2. The molecule has 1 aliphatic heterocycles. The van der Waals surface area contributed by atoms with E-state index in [0.717, 1.165) is 22.4 Å². The monoisotopic (exact) mass is 279 g/mol. The fraction of sp³-hybridized carbons (Fsp3) is 0.167. The highest BCUT2D eigenvalue weighted by Crippen LogP contribution is 2.35. The van der Waals surface area contributed by atoms with Gasteiger partial charge < -0.3 is 10.5 Å². The standard InChI is InChI=1S/C18H17NO2/c1-12-6-2-4-8-15(12)17-11-14(18(19)20)10-13-7-3-5-9-16(13)21-17/h2-10,17H,11H2,1H3,(H2,19,20). The number of fused-ring (bicyclic) bond motifs is 1. The van der Waals surface area contributed by atoms with Crippen LogP contribution in [0.2, 0.25) is 0 Å². The summed E-state index contributed by atoms with van der Waals surface area (Å²) in [5, 5.41) is 0. The van der Waals surface area contributed by atoms with Crippen molar-refractivity contribution < 1.29 is 9.53 Å². The lowest BCUT2D eigenvalue weighted by Crippen LogP contribution is -2.17. The molecule has 1 heterocycles. The molecule has 1 unspecified atom stereocenters. The van der Waals surface area contributed by atoms with Crippen molar-refractivity contribution in [3.63, 3.8) is 0 Å². The molecule has 2 aromatic carbocycles. The first-order valence-corrected chi connectivity index (χ1v) is 6.97. The Hall–Kier alpha value is -2.55. The summed E-state index contributed by atoms with van der Waals surface area (Å²) in [6.07, 6.45) is 2.11. The number of benzene rings is 2. The number of ether oxygens (including phenoxy) is 1. The van der Waals surface area contributed by atoms with Crippen LogP contribution in [0.15, 0.2) is 54.1 Å². The highest BCUT2D eigenvalue weighted by Gasteiger charge is 2.23. The number of para-hydroxylation sites is 1. The topological polar surface area (TPSA) is 52.3 Å². The molecule has 0 aliphatic carbocycles. The Morgan fingerprint density at radius 2 is 1.86 bits per heavy atom. The molecular weight excluding hydrogens is 262 g/mol. The second-order valence-corrected chi connectivity index (χ2v) is 5.24. The maximum absolute atomic E-state index is 11.7. The summed E-state index contributed by atoms with van der Waals surface area (Å²) < 4.78 is 6.14. The lowest BCUT2D eigenvalue weighted by atomic mass is 9.97. The average molecular weight is 279 g/mol. The Morgan fingerprint density at radius 3 is 2.62 bits per heavy atom. The number of primary amides is 1. The van der Waals surface area contributed by atoms with Crippen molar-refractivity contribution in [3.8, 4) is 5.75 Å². The minimum atomic E-state index is -0.395. The van der Waals surface area contributed by atoms with Gasteiger partial charge in [-0.05, 0) is 30.2 Å². The summed E-state index contributed by atoms with van der Waals surface area (Å²) in [6.45, 7) is 2.04. The Balaban J connectivity index is 2.08. The number of carbonyl (C=O) groups excluding carboxylic acids is 1. The van der Waals surface area contributed by atoms with Gasteiger partial charge in [-0.25, -0.2) is 0 Å². The first kappa shape index (κ1) is 13.4. The van der Waals surface area contributed by atoms with Crippen LogP contribution in [0.25, 0.3) is 6.08 Å². The van der Waals surface area contributed by atoms with Crippen molar-refractivity contribution in [2.75, 3.05) is 0 Å². The van der Waals surface area contributed by atoms with Crippen molar-refractivity contribution >= 4 is 12.0 Å². The summed E-state index contributed by atoms with van der Waals surface area (Å²) in [4.78, 5) is 11.7. The predicted octanol–water partition coefficient (Wildman–Crippen LogP) is 3.39. The number of hydrogen-bond donors (Lipinski definition) is 1. The molecule has 0 saturated carbocycles. The Bertz CT molecular complexity index is 719. The molecule has 2 aromatic rings. The van der Waals surface area contributed by atoms with Gasteiger partial charge in [0.25, 0.3) is 0 Å². The third kappa shape index (κ3) is 2.68. The largest absolute Gasteiger partial charge is 0.485 e. The smallest absolute Gasteiger partial charge is 0.244 e. The molecule has 0 fully saturated rings. The average Bonchev–Trinajstić information content (AvgIpc) is 2.67. The summed E-state index contributed by atoms with van der Waals surface area (Å²) in [7, 11) is 0. The summed E-state index contributed by atoms with van der Waals surface area (Å²) in [5.74, 6) is 0.385. The number of rotatable bonds is 2. The van der Waals surface area contributed by atoms with Crippen molar-refractivity contribution in [3.05, 3.63) is 70.8 Å². The second-order valence-electron chi connectivity index (χ2n) is 5.24. The van der Waals surface area contributed by atoms with E-state index >= 15 is 0 Å². The molecular formula is C18H17NO2. The van der Waals surface area contributed by atoms with Gasteiger partial charge in [0, 0.05) is 17.6 Å². The SMILES string of the molecule is Cc1ccccc1C1CC(C(N)=O)=Cc2ccccc2O1. The lowest BCUT2D eigenvalue weighted by Gasteiger charge is -2.20. The van der Waals surface area contributed by atoms with Crippen LogP contribution >= 0.6 is 0 Å². The van der Waals surface area contributed by atoms with E-state index in [9.17, 15) is 4.79 Å². The van der Waals surface area contributed by atoms with Crippen molar-refractivity contribution in [1.82, 2.24) is 0 Å². The van der Waals surface area contributed by atoms with E-state index in [4.69, 9.17) is 10.5 Å². The van der Waals surface area contributed by atoms with E-state index < -0.39 is 5.91 Å². The van der Waals surface area contributed by atoms with Gasteiger partial charge in [-0.3, -0.25) is 4.79 Å². The van der Waals surface area contributed by atoms with E-state index in [-0.39, 0.29) is 6.10 Å². The minimum absolute atomic E-state index is 0.200. The van der Waals surface area contributed by atoms with Crippen LogP contribution in [0.1, 0.15) is 29.2 Å². The summed E-state index contributed by atoms with van der Waals surface area (Å²) in [6, 6.07) is 15.8. The maximum Gasteiger partial charge on any atom is 0.244 e. The molecule has 2 N–H and O–H groups in total. The highest BCUT2D eigenvalue weighted by molar-refractivity contribution is 5.97. The molecule has 0 bridgehead atoms. The van der Waals surface area contributed by atoms with Gasteiger partial charge in [-0.1, -0.05) is 42.5 Å². The lowest BCUT2D eigenvalue weighted by molar-refractivity contribution is -0.114. The minimum Gasteiger partial charge on any atom is -0.485 e. The van der Waals surface area contributed by atoms with Gasteiger partial charge in [0.2, 0.25) is 5.91 Å². The van der Waals surface area contributed by atoms with E-state index in [1.165, 1.54) is 0 Å². The van der Waals surface area contributed by atoms with Crippen LogP contribution in [0.3, 0.4) is 0 Å². The second kappa shape index (κ2) is 5.44. The van der Waals surface area contributed by atoms with Gasteiger partial charge in [-0.15, -0.1) is 0 Å². The number of aryl methyl sites for hydroxylation is 1. The fourth-order valence-corrected chi connectivity index (χ4v) is 2.64. The van der Waals surface area contributed by atoms with Crippen molar-refractivity contribution in [2.24, 2.45) is 5.73 Å². The van der Waals surface area contributed by atoms with Crippen LogP contribution in [0, 0.1) is 6.92 Å². The van der Waals surface area contributed by atoms with Crippen molar-refractivity contribution in [1.29, 1.82) is 0 Å². The molecule has 106 valence electrons. The number of nitrogens with two attached hydrogens (primary N) is 1. The van der Waals surface area contributed by atoms with Gasteiger partial charge in [0.15, 0.2) is 0 Å². The zero-order chi connectivity index (χ0) is 14.8. The molecule has 3 nitrogen and oxygen atoms in total. The number of amides is 1. The van der Waals surface area contributed by atoms with E-state index in [1.807, 2.05) is 61.5 Å². The summed E-state index contributed by atoms with van der Waals surface area (Å²) >= 11 is 0. The number of hydrogen-bond acceptors (Lipinski definition) is 2. The van der Waals surface area contributed by atoms with E-state index in [1.54, 1.807) is 0 Å². The fourth-order valence-electron chi connectivity index (χ4n) is 2.64. The Labute approximate surface area is 124 Å². The highest BCUT2D eigenvalue weighted by atomic mass is 16.5. The number of carbonyl (C=O) groups is 1. The van der Waals surface area contributed by atoms with E-state index in [0.29, 0.717) is 12.0 Å². The van der Waals surface area contributed by atoms with Crippen LogP contribution in [-0.4, -0.2) is 5.91 Å². The molecule has 0 saturated heterocycles. The van der Waals surface area contributed by atoms with E-state index in [2.05, 4.69) is 0 Å². The molecule has 0 radical (unpaired) electrons. The molecule has 0 aromatic heterocycles. The molecule has 3 heteroatoms. The van der Waals surface area contributed by atoms with Gasteiger partial charge >= 0.3 is 0 Å². The maximum atomic E-state index is 11.7. The molecule has 0 spiro atoms.